The van der Waals surface area contributed by atoms with Gasteiger partial charge in [-0.2, -0.15) is 0 Å². The molecule has 0 radical (unpaired) electrons. The second-order valence-corrected chi connectivity index (χ2v) is 2.34. The van der Waals surface area contributed by atoms with Gasteiger partial charge in [-0.05, 0) is 26.2 Å². The van der Waals surface area contributed by atoms with E-state index in [1.54, 1.807) is 0 Å². The molecule has 0 saturated carbocycles. The fourth-order valence-corrected chi connectivity index (χ4v) is 0.606. The van der Waals surface area contributed by atoms with Crippen LogP contribution in [0.5, 0.6) is 0 Å². The predicted octanol–water partition coefficient (Wildman–Crippen LogP) is 3.63. The van der Waals surface area contributed by atoms with E-state index >= 15 is 0 Å². The van der Waals surface area contributed by atoms with E-state index in [9.17, 15) is 0 Å². The minimum Gasteiger partial charge on any atom is -0.0885 e. The Hall–Kier alpha value is -0.260. The highest BCUT2D eigenvalue weighted by Crippen LogP contribution is 2.11. The first-order valence-corrected chi connectivity index (χ1v) is 3.35. The Kier molecular flexibility index (Phi) is 7.52. The van der Waals surface area contributed by atoms with Crippen LogP contribution >= 0.6 is 0 Å². The van der Waals surface area contributed by atoms with Crippen molar-refractivity contribution >= 4 is 0 Å². The highest BCUT2D eigenvalue weighted by atomic mass is 14.0. The molecule has 0 N–H and O–H groups in total. The van der Waals surface area contributed by atoms with Crippen molar-refractivity contribution in [2.45, 2.75) is 41.5 Å². The van der Waals surface area contributed by atoms with E-state index in [2.05, 4.69) is 33.8 Å². The van der Waals surface area contributed by atoms with Crippen molar-refractivity contribution in [3.8, 4) is 0 Å². The monoisotopic (exact) mass is 128 g/mol. The predicted molar refractivity (Wildman–Crippen MR) is 45.6 cm³/mol. The molecule has 0 aromatic heterocycles. The van der Waals surface area contributed by atoms with Crippen molar-refractivity contribution in [1.29, 1.82) is 0 Å². The third-order valence-electron chi connectivity index (χ3n) is 1.85. The minimum atomic E-state index is 0. The van der Waals surface area contributed by atoms with Gasteiger partial charge in [-0.25, -0.2) is 0 Å². The summed E-state index contributed by atoms with van der Waals surface area (Å²) in [5.41, 5.74) is 1.51. The number of allylic oxidation sites excluding steroid dienone is 2. The zero-order valence-electron chi connectivity index (χ0n) is 6.36. The van der Waals surface area contributed by atoms with Crippen LogP contribution in [0.15, 0.2) is 11.6 Å². The number of rotatable bonds is 2. The number of hydrogen-bond acceptors (Lipinski definition) is 0. The molecule has 0 nitrogen and oxygen atoms in total. The molecule has 1 atom stereocenters. The molecule has 0 heterocycles. The summed E-state index contributed by atoms with van der Waals surface area (Å²) in [7, 11) is 0. The van der Waals surface area contributed by atoms with E-state index < -0.39 is 0 Å². The Labute approximate surface area is 60.0 Å². The van der Waals surface area contributed by atoms with Gasteiger partial charge >= 0.3 is 0 Å². The Morgan fingerprint density at radius 2 is 2.00 bits per heavy atom. The van der Waals surface area contributed by atoms with Gasteiger partial charge < -0.3 is 0 Å². The molecule has 0 aromatic rings. The molecule has 0 fully saturated rings. The van der Waals surface area contributed by atoms with Crippen molar-refractivity contribution in [2.75, 3.05) is 0 Å². The van der Waals surface area contributed by atoms with Crippen LogP contribution in [0, 0.1) is 5.92 Å². The molecule has 9 heavy (non-hydrogen) atoms. The maximum atomic E-state index is 2.26. The highest BCUT2D eigenvalue weighted by molar-refractivity contribution is 4.99. The van der Waals surface area contributed by atoms with Crippen LogP contribution in [-0.2, 0) is 0 Å². The fourth-order valence-electron chi connectivity index (χ4n) is 0.606. The highest BCUT2D eigenvalue weighted by Gasteiger charge is 1.96. The van der Waals surface area contributed by atoms with Crippen molar-refractivity contribution in [1.82, 2.24) is 0 Å². The minimum absolute atomic E-state index is 0. The van der Waals surface area contributed by atoms with E-state index in [1.807, 2.05) is 0 Å². The SMILES string of the molecule is C.C/C=C(/C)C(C)CC. The third-order valence-corrected chi connectivity index (χ3v) is 1.85. The molecule has 0 aliphatic carbocycles. The molecule has 56 valence electrons. The Bertz CT molecular complexity index is 80.0. The molecule has 0 aliphatic heterocycles. The summed E-state index contributed by atoms with van der Waals surface area (Å²) in [5.74, 6) is 0.778. The molecule has 0 spiro atoms. The Morgan fingerprint density at radius 1 is 1.56 bits per heavy atom. The van der Waals surface area contributed by atoms with E-state index in [-0.39, 0.29) is 7.43 Å². The summed E-state index contributed by atoms with van der Waals surface area (Å²) in [4.78, 5) is 0. The summed E-state index contributed by atoms with van der Waals surface area (Å²) >= 11 is 0. The summed E-state index contributed by atoms with van der Waals surface area (Å²) < 4.78 is 0. The normalized spacial score (nSPS) is 14.4. The van der Waals surface area contributed by atoms with Crippen LogP contribution in [0.4, 0.5) is 0 Å². The summed E-state index contributed by atoms with van der Waals surface area (Å²) in [6, 6.07) is 0. The standard InChI is InChI=1S/C8H16.CH4/c1-5-7(3)8(4)6-2;/h5,8H,6H2,1-4H3;1H4/b7-5-;. The summed E-state index contributed by atoms with van der Waals surface area (Å²) in [6.45, 7) is 8.77. The van der Waals surface area contributed by atoms with Gasteiger partial charge in [0.2, 0.25) is 0 Å². The van der Waals surface area contributed by atoms with Crippen LogP contribution < -0.4 is 0 Å². The zero-order chi connectivity index (χ0) is 6.57. The van der Waals surface area contributed by atoms with Gasteiger partial charge in [0, 0.05) is 0 Å². The first-order chi connectivity index (χ1) is 3.72. The van der Waals surface area contributed by atoms with E-state index in [4.69, 9.17) is 0 Å². The second kappa shape index (κ2) is 5.87. The van der Waals surface area contributed by atoms with Crippen LogP contribution in [0.3, 0.4) is 0 Å². The molecule has 0 amide bonds. The molecular weight excluding hydrogens is 108 g/mol. The van der Waals surface area contributed by atoms with Crippen molar-refractivity contribution in [3.05, 3.63) is 11.6 Å². The van der Waals surface area contributed by atoms with Gasteiger partial charge in [-0.1, -0.05) is 32.9 Å². The van der Waals surface area contributed by atoms with E-state index in [0.29, 0.717) is 0 Å². The van der Waals surface area contributed by atoms with Crippen molar-refractivity contribution in [2.24, 2.45) is 5.92 Å². The molecule has 1 unspecified atom stereocenters. The lowest BCUT2D eigenvalue weighted by Gasteiger charge is -2.06. The Balaban J connectivity index is 0. The smallest absolute Gasteiger partial charge is 0.0237 e. The third kappa shape index (κ3) is 4.26. The molecule has 0 aromatic carbocycles. The lowest BCUT2D eigenvalue weighted by atomic mass is 10.0. The van der Waals surface area contributed by atoms with Crippen LogP contribution in [0.1, 0.15) is 41.5 Å². The lowest BCUT2D eigenvalue weighted by Crippen LogP contribution is -1.91. The summed E-state index contributed by atoms with van der Waals surface area (Å²) in [6.07, 6.45) is 3.45. The largest absolute Gasteiger partial charge is 0.0885 e. The fraction of sp³-hybridized carbons (Fsp3) is 0.778. The van der Waals surface area contributed by atoms with Crippen LogP contribution in [0.2, 0.25) is 0 Å². The van der Waals surface area contributed by atoms with Gasteiger partial charge in [-0.15, -0.1) is 0 Å². The van der Waals surface area contributed by atoms with Crippen LogP contribution in [0.25, 0.3) is 0 Å². The average Bonchev–Trinajstić information content (AvgIpc) is 1.84. The zero-order valence-corrected chi connectivity index (χ0v) is 6.36. The summed E-state index contributed by atoms with van der Waals surface area (Å²) in [5, 5.41) is 0. The first kappa shape index (κ1) is 11.5. The number of hydrogen-bond donors (Lipinski definition) is 0. The van der Waals surface area contributed by atoms with Gasteiger partial charge in [-0.3, -0.25) is 0 Å². The molecule has 0 saturated heterocycles. The van der Waals surface area contributed by atoms with E-state index in [1.165, 1.54) is 12.0 Å². The van der Waals surface area contributed by atoms with Crippen molar-refractivity contribution in [3.63, 3.8) is 0 Å². The van der Waals surface area contributed by atoms with Crippen LogP contribution in [-0.4, -0.2) is 0 Å². The topological polar surface area (TPSA) is 0 Å². The molecule has 0 heteroatoms. The Morgan fingerprint density at radius 3 is 2.11 bits per heavy atom. The molecule has 0 bridgehead atoms. The quantitative estimate of drug-likeness (QED) is 0.498. The molecular formula is C9H20. The molecule has 0 aliphatic rings. The lowest BCUT2D eigenvalue weighted by molar-refractivity contribution is 0.654. The van der Waals surface area contributed by atoms with Gasteiger partial charge in [0.15, 0.2) is 0 Å². The van der Waals surface area contributed by atoms with Gasteiger partial charge in [0.1, 0.15) is 0 Å². The van der Waals surface area contributed by atoms with Crippen molar-refractivity contribution < 1.29 is 0 Å². The second-order valence-electron chi connectivity index (χ2n) is 2.34. The maximum absolute atomic E-state index is 2.26. The maximum Gasteiger partial charge on any atom is -0.0237 e. The molecule has 0 rings (SSSR count). The first-order valence-electron chi connectivity index (χ1n) is 3.35. The average molecular weight is 128 g/mol. The van der Waals surface area contributed by atoms with Gasteiger partial charge in [0.25, 0.3) is 0 Å². The van der Waals surface area contributed by atoms with Gasteiger partial charge in [0.05, 0.1) is 0 Å². The van der Waals surface area contributed by atoms with E-state index in [0.717, 1.165) is 5.92 Å².